The third kappa shape index (κ3) is 2.82. The van der Waals surface area contributed by atoms with E-state index in [0.29, 0.717) is 21.3 Å². The Labute approximate surface area is 131 Å². The predicted octanol–water partition coefficient (Wildman–Crippen LogP) is 4.17. The second kappa shape index (κ2) is 5.76. The molecule has 0 bridgehead atoms. The second-order valence-corrected chi connectivity index (χ2v) is 4.87. The molecule has 6 nitrogen and oxygen atoms in total. The van der Waals surface area contributed by atoms with Crippen LogP contribution in [-0.4, -0.2) is 21.0 Å². The van der Waals surface area contributed by atoms with Gasteiger partial charge in [-0.25, -0.2) is 4.79 Å². The quantitative estimate of drug-likeness (QED) is 0.431. The van der Waals surface area contributed by atoms with E-state index in [0.717, 1.165) is 0 Å². The van der Waals surface area contributed by atoms with Gasteiger partial charge < -0.3 is 15.4 Å². The van der Waals surface area contributed by atoms with Crippen LogP contribution in [0.2, 0.25) is 0 Å². The Kier molecular flexibility index (Phi) is 3.64. The number of fused-ring (bicyclic) bond motifs is 1. The van der Waals surface area contributed by atoms with Gasteiger partial charge >= 0.3 is 5.97 Å². The van der Waals surface area contributed by atoms with E-state index in [1.165, 1.54) is 30.3 Å². The fourth-order valence-corrected chi connectivity index (χ4v) is 2.24. The van der Waals surface area contributed by atoms with E-state index in [-0.39, 0.29) is 17.0 Å². The number of carboxylic acid groups (broad SMARTS) is 1. The fourth-order valence-electron chi connectivity index (χ4n) is 2.24. The van der Waals surface area contributed by atoms with Gasteiger partial charge in [-0.2, -0.15) is 0 Å². The molecule has 0 aliphatic rings. The third-order valence-corrected chi connectivity index (χ3v) is 3.41. The van der Waals surface area contributed by atoms with Gasteiger partial charge in [-0.05, 0) is 24.3 Å². The lowest BCUT2D eigenvalue weighted by Crippen LogP contribution is -1.96. The van der Waals surface area contributed by atoms with Crippen LogP contribution in [0.4, 0.5) is 11.4 Å². The lowest BCUT2D eigenvalue weighted by Gasteiger charge is -2.04. The van der Waals surface area contributed by atoms with Gasteiger partial charge in [0.15, 0.2) is 0 Å². The molecule has 23 heavy (non-hydrogen) atoms. The van der Waals surface area contributed by atoms with Crippen LogP contribution in [0.1, 0.15) is 10.4 Å². The van der Waals surface area contributed by atoms with Crippen LogP contribution in [0.3, 0.4) is 0 Å². The summed E-state index contributed by atoms with van der Waals surface area (Å²) in [7, 11) is 0. The Morgan fingerprint density at radius 2 is 1.61 bits per heavy atom. The molecule has 0 saturated heterocycles. The van der Waals surface area contributed by atoms with Crippen LogP contribution in [0.5, 0.6) is 5.75 Å². The summed E-state index contributed by atoms with van der Waals surface area (Å²) in [5, 5.41) is 36.1. The van der Waals surface area contributed by atoms with Gasteiger partial charge in [0.1, 0.15) is 11.4 Å². The lowest BCUT2D eigenvalue weighted by atomic mass is 10.1. The first-order chi connectivity index (χ1) is 11.1. The maximum atomic E-state index is 12.2. The average Bonchev–Trinajstić information content (AvgIpc) is 2.57. The van der Waals surface area contributed by atoms with Crippen molar-refractivity contribution >= 4 is 28.1 Å². The molecule has 0 spiro atoms. The van der Waals surface area contributed by atoms with Gasteiger partial charge in [0, 0.05) is 28.0 Å². The van der Waals surface area contributed by atoms with Crippen molar-refractivity contribution < 1.29 is 19.9 Å². The zero-order chi connectivity index (χ0) is 16.4. The molecule has 3 aromatic carbocycles. The third-order valence-electron chi connectivity index (χ3n) is 3.41. The average molecular weight is 308 g/mol. The van der Waals surface area contributed by atoms with Crippen molar-refractivity contribution in [2.24, 2.45) is 5.11 Å². The Bertz CT molecular complexity index is 918. The van der Waals surface area contributed by atoms with Gasteiger partial charge in [0.25, 0.3) is 0 Å². The summed E-state index contributed by atoms with van der Waals surface area (Å²) < 4.78 is 0. The molecule has 2 N–H and O–H groups in total. The van der Waals surface area contributed by atoms with E-state index >= 15 is 0 Å². The first-order valence-electron chi connectivity index (χ1n) is 6.79. The maximum absolute atomic E-state index is 12.2. The molecule has 6 heteroatoms. The number of azo groups is 1. The molecule has 0 amide bonds. The molecule has 3 aromatic rings. The van der Waals surface area contributed by atoms with Crippen molar-refractivity contribution in [1.82, 2.24) is 0 Å². The van der Waals surface area contributed by atoms with Crippen LogP contribution >= 0.6 is 0 Å². The fraction of sp³-hybridized carbons (Fsp3) is 0. The summed E-state index contributed by atoms with van der Waals surface area (Å²) >= 11 is 0. The number of hydrogen-bond acceptors (Lipinski definition) is 4. The molecule has 0 atom stereocenters. The second-order valence-electron chi connectivity index (χ2n) is 4.87. The van der Waals surface area contributed by atoms with Crippen LogP contribution in [0.15, 0.2) is 65.8 Å². The first kappa shape index (κ1) is 14.5. The summed E-state index contributed by atoms with van der Waals surface area (Å²) in [6.45, 7) is 0. The van der Waals surface area contributed by atoms with Crippen LogP contribution < -0.4 is 0 Å². The van der Waals surface area contributed by atoms with Gasteiger partial charge in [-0.3, -0.25) is 0 Å². The zero-order valence-electron chi connectivity index (χ0n) is 11.9. The summed E-state index contributed by atoms with van der Waals surface area (Å²) in [6.07, 6.45) is 0. The van der Waals surface area contributed by atoms with E-state index < -0.39 is 5.97 Å². The molecule has 0 unspecified atom stereocenters. The SMILES string of the molecule is O=C(O)c1ccc([N+]([O-])=Nc2ccc(O)c3ccccc23)cc1. The maximum Gasteiger partial charge on any atom is 0.335 e. The van der Waals surface area contributed by atoms with Crippen molar-refractivity contribution in [2.75, 3.05) is 0 Å². The van der Waals surface area contributed by atoms with E-state index in [2.05, 4.69) is 5.11 Å². The number of benzene rings is 3. The highest BCUT2D eigenvalue weighted by Crippen LogP contribution is 2.33. The number of aromatic hydroxyl groups is 1. The van der Waals surface area contributed by atoms with Gasteiger partial charge in [-0.15, -0.1) is 0 Å². The minimum atomic E-state index is -1.06. The van der Waals surface area contributed by atoms with E-state index in [1.54, 1.807) is 30.3 Å². The first-order valence-corrected chi connectivity index (χ1v) is 6.79. The number of carboxylic acids is 1. The molecule has 0 heterocycles. The van der Waals surface area contributed by atoms with Crippen LogP contribution in [0.25, 0.3) is 10.8 Å². The van der Waals surface area contributed by atoms with Crippen LogP contribution in [0, 0.1) is 5.21 Å². The van der Waals surface area contributed by atoms with Crippen molar-refractivity contribution in [3.05, 3.63) is 71.4 Å². The molecule has 0 aliphatic heterocycles. The number of hydrogen-bond donors (Lipinski definition) is 2. The molecule has 0 aromatic heterocycles. The normalized spacial score (nSPS) is 11.6. The monoisotopic (exact) mass is 308 g/mol. The topological polar surface area (TPSA) is 96.0 Å². The predicted molar refractivity (Wildman–Crippen MR) is 84.4 cm³/mol. The van der Waals surface area contributed by atoms with Gasteiger partial charge in [0.05, 0.1) is 5.56 Å². The molecular formula is C17H12N2O4. The van der Waals surface area contributed by atoms with Crippen molar-refractivity contribution in [3.8, 4) is 5.75 Å². The molecule has 0 fully saturated rings. The van der Waals surface area contributed by atoms with Crippen molar-refractivity contribution in [1.29, 1.82) is 0 Å². The number of phenolic OH excluding ortho intramolecular Hbond substituents is 1. The Morgan fingerprint density at radius 3 is 2.26 bits per heavy atom. The molecule has 0 aliphatic carbocycles. The van der Waals surface area contributed by atoms with Gasteiger partial charge in [-0.1, -0.05) is 29.1 Å². The number of carbonyl (C=O) groups is 1. The summed E-state index contributed by atoms with van der Waals surface area (Å²) in [4.78, 5) is 11.2. The van der Waals surface area contributed by atoms with Crippen LogP contribution in [-0.2, 0) is 0 Å². The Morgan fingerprint density at radius 1 is 0.957 bits per heavy atom. The summed E-state index contributed by atoms with van der Waals surface area (Å²) in [5.41, 5.74) is 0.722. The smallest absolute Gasteiger partial charge is 0.335 e. The molecular weight excluding hydrogens is 296 g/mol. The minimum absolute atomic E-state index is 0.0947. The largest absolute Gasteiger partial charge is 0.594 e. The van der Waals surface area contributed by atoms with E-state index in [4.69, 9.17) is 5.11 Å². The number of aromatic carboxylic acids is 1. The molecule has 114 valence electrons. The van der Waals surface area contributed by atoms with Crippen molar-refractivity contribution in [2.45, 2.75) is 0 Å². The highest BCUT2D eigenvalue weighted by Gasteiger charge is 2.10. The zero-order valence-corrected chi connectivity index (χ0v) is 11.9. The summed E-state index contributed by atoms with van der Waals surface area (Å²) in [5.74, 6) is -0.946. The molecule has 3 rings (SSSR count). The number of phenols is 1. The van der Waals surface area contributed by atoms with Gasteiger partial charge in [0.2, 0.25) is 5.69 Å². The standard InChI is InChI=1S/C17H12N2O4/c20-16-10-9-15(13-3-1-2-4-14(13)16)18-19(23)12-7-5-11(6-8-12)17(21)22/h1-10,20H,(H,21,22). The molecule has 0 saturated carbocycles. The van der Waals surface area contributed by atoms with Crippen molar-refractivity contribution in [3.63, 3.8) is 0 Å². The highest BCUT2D eigenvalue weighted by atomic mass is 16.5. The minimum Gasteiger partial charge on any atom is -0.594 e. The van der Waals surface area contributed by atoms with E-state index in [1.807, 2.05) is 0 Å². The lowest BCUT2D eigenvalue weighted by molar-refractivity contribution is -0.435. The highest BCUT2D eigenvalue weighted by molar-refractivity contribution is 5.96. The Balaban J connectivity index is 2.04. The molecule has 0 radical (unpaired) electrons. The summed E-state index contributed by atoms with van der Waals surface area (Å²) in [6, 6.07) is 15.6. The van der Waals surface area contributed by atoms with E-state index in [9.17, 15) is 15.1 Å². The number of nitrogens with zero attached hydrogens (tertiary/aromatic N) is 2. The Hall–Kier alpha value is -3.41. The number of rotatable bonds is 3.